The zero-order valence-corrected chi connectivity index (χ0v) is 15.4. The lowest BCUT2D eigenvalue weighted by molar-refractivity contribution is -0.140. The molecule has 9 heteroatoms. The first-order valence-corrected chi connectivity index (χ1v) is 9.09. The number of halogens is 1. The summed E-state index contributed by atoms with van der Waals surface area (Å²) >= 11 is 5.94. The van der Waals surface area contributed by atoms with Crippen molar-refractivity contribution in [2.75, 3.05) is 27.7 Å². The minimum atomic E-state index is -3.74. The molecule has 24 heavy (non-hydrogen) atoms. The molecule has 0 spiro atoms. The van der Waals surface area contributed by atoms with Crippen LogP contribution in [0.2, 0.25) is 5.02 Å². The molecule has 0 aliphatic heterocycles. The van der Waals surface area contributed by atoms with Gasteiger partial charge in [-0.1, -0.05) is 11.6 Å². The number of ether oxygens (including phenoxy) is 1. The minimum absolute atomic E-state index is 0.0540. The van der Waals surface area contributed by atoms with E-state index in [4.69, 9.17) is 11.6 Å². The molecular weight excluding hydrogens is 356 g/mol. The largest absolute Gasteiger partial charge is 0.469 e. The maximum atomic E-state index is 12.2. The zero-order valence-electron chi connectivity index (χ0n) is 13.8. The predicted molar refractivity (Wildman–Crippen MR) is 90.5 cm³/mol. The maximum Gasteiger partial charge on any atom is 0.305 e. The summed E-state index contributed by atoms with van der Waals surface area (Å²) < 4.78 is 29.9. The second-order valence-corrected chi connectivity index (χ2v) is 7.75. The summed E-state index contributed by atoms with van der Waals surface area (Å²) in [5.74, 6) is -0.697. The van der Waals surface area contributed by atoms with Gasteiger partial charge in [0.2, 0.25) is 10.0 Å². The molecule has 0 fully saturated rings. The molecular formula is C15H21ClN2O5S. The van der Waals surface area contributed by atoms with E-state index in [1.165, 1.54) is 39.4 Å². The van der Waals surface area contributed by atoms with E-state index < -0.39 is 15.9 Å². The van der Waals surface area contributed by atoms with Crippen molar-refractivity contribution in [3.05, 3.63) is 28.8 Å². The Morgan fingerprint density at radius 1 is 1.25 bits per heavy atom. The average Bonchev–Trinajstić information content (AvgIpc) is 2.54. The number of nitrogens with zero attached hydrogens (tertiary/aromatic N) is 1. The molecule has 1 aromatic rings. The number of sulfonamides is 1. The van der Waals surface area contributed by atoms with Gasteiger partial charge in [0, 0.05) is 32.6 Å². The van der Waals surface area contributed by atoms with Crippen molar-refractivity contribution < 1.29 is 22.7 Å². The van der Waals surface area contributed by atoms with Crippen molar-refractivity contribution >= 4 is 33.5 Å². The first kappa shape index (κ1) is 20.4. The Balaban J connectivity index is 2.71. The number of hydrogen-bond acceptors (Lipinski definition) is 5. The lowest BCUT2D eigenvalue weighted by Crippen LogP contribution is -2.26. The van der Waals surface area contributed by atoms with E-state index in [1.807, 2.05) is 0 Å². The maximum absolute atomic E-state index is 12.2. The van der Waals surface area contributed by atoms with Crippen LogP contribution in [0.1, 0.15) is 29.6 Å². The van der Waals surface area contributed by atoms with Crippen LogP contribution in [0.25, 0.3) is 0 Å². The van der Waals surface area contributed by atoms with Crippen LogP contribution < -0.4 is 5.32 Å². The van der Waals surface area contributed by atoms with Gasteiger partial charge in [0.15, 0.2) is 0 Å². The third-order valence-electron chi connectivity index (χ3n) is 3.27. The van der Waals surface area contributed by atoms with E-state index in [0.29, 0.717) is 25.8 Å². The first-order valence-electron chi connectivity index (χ1n) is 7.27. The number of methoxy groups -OCH3 is 1. The molecule has 1 N–H and O–H groups in total. The van der Waals surface area contributed by atoms with E-state index in [0.717, 1.165) is 4.31 Å². The third-order valence-corrected chi connectivity index (χ3v) is 5.57. The van der Waals surface area contributed by atoms with Gasteiger partial charge in [0.25, 0.3) is 5.91 Å². The molecule has 1 aromatic carbocycles. The summed E-state index contributed by atoms with van der Waals surface area (Å²) in [6.07, 6.45) is 1.49. The predicted octanol–water partition coefficient (Wildman–Crippen LogP) is 1.66. The van der Waals surface area contributed by atoms with E-state index in [9.17, 15) is 18.0 Å². The Morgan fingerprint density at radius 2 is 1.92 bits per heavy atom. The summed E-state index contributed by atoms with van der Waals surface area (Å²) in [5, 5.41) is 2.73. The lowest BCUT2D eigenvalue weighted by atomic mass is 10.2. The van der Waals surface area contributed by atoms with Gasteiger partial charge in [-0.3, -0.25) is 9.59 Å². The monoisotopic (exact) mass is 376 g/mol. The summed E-state index contributed by atoms with van der Waals surface area (Å²) in [4.78, 5) is 23.0. The van der Waals surface area contributed by atoms with Crippen LogP contribution in [-0.4, -0.2) is 52.3 Å². The standard InChI is InChI=1S/C15H21ClN2O5S/c1-18(2)24(21,22)13-10-11(7-8-12(13)16)15(20)17-9-5-4-6-14(19)23-3/h7-8,10H,4-6,9H2,1-3H3,(H,17,20). The number of rotatable bonds is 8. The third kappa shape index (κ3) is 5.47. The smallest absolute Gasteiger partial charge is 0.305 e. The van der Waals surface area contributed by atoms with Crippen molar-refractivity contribution in [3.8, 4) is 0 Å². The molecule has 0 bridgehead atoms. The molecule has 7 nitrogen and oxygen atoms in total. The molecule has 0 saturated carbocycles. The van der Waals surface area contributed by atoms with Crippen molar-refractivity contribution in [2.24, 2.45) is 0 Å². The van der Waals surface area contributed by atoms with Crippen LogP contribution in [0.5, 0.6) is 0 Å². The number of esters is 1. The number of carbonyl (C=O) groups excluding carboxylic acids is 2. The van der Waals surface area contributed by atoms with Crippen LogP contribution in [0, 0.1) is 0 Å². The Bertz CT molecular complexity index is 704. The van der Waals surface area contributed by atoms with Crippen LogP contribution in [0.3, 0.4) is 0 Å². The molecule has 1 rings (SSSR count). The Labute approximate surface area is 147 Å². The highest BCUT2D eigenvalue weighted by Crippen LogP contribution is 2.24. The van der Waals surface area contributed by atoms with Crippen LogP contribution in [0.15, 0.2) is 23.1 Å². The molecule has 0 aliphatic rings. The normalized spacial score (nSPS) is 11.4. The highest BCUT2D eigenvalue weighted by Gasteiger charge is 2.22. The topological polar surface area (TPSA) is 92.8 Å². The van der Waals surface area contributed by atoms with Crippen molar-refractivity contribution in [3.63, 3.8) is 0 Å². The molecule has 0 unspecified atom stereocenters. The summed E-state index contributed by atoms with van der Waals surface area (Å²) in [6.45, 7) is 0.369. The second-order valence-electron chi connectivity index (χ2n) is 5.22. The summed E-state index contributed by atoms with van der Waals surface area (Å²) in [5.41, 5.74) is 0.202. The molecule has 0 heterocycles. The Hall–Kier alpha value is -1.64. The molecule has 0 saturated heterocycles. The number of amides is 1. The van der Waals surface area contributed by atoms with E-state index in [2.05, 4.69) is 10.1 Å². The molecule has 0 aromatic heterocycles. The van der Waals surface area contributed by atoms with Gasteiger partial charge < -0.3 is 10.1 Å². The van der Waals surface area contributed by atoms with Gasteiger partial charge >= 0.3 is 5.97 Å². The Morgan fingerprint density at radius 3 is 2.50 bits per heavy atom. The van der Waals surface area contributed by atoms with Gasteiger partial charge in [-0.05, 0) is 31.0 Å². The van der Waals surface area contributed by atoms with Crippen LogP contribution >= 0.6 is 11.6 Å². The van der Waals surface area contributed by atoms with Crippen molar-refractivity contribution in [1.29, 1.82) is 0 Å². The van der Waals surface area contributed by atoms with E-state index in [1.54, 1.807) is 0 Å². The summed E-state index contributed by atoms with van der Waals surface area (Å²) in [7, 11) is 0.365. The molecule has 134 valence electrons. The number of benzene rings is 1. The first-order chi connectivity index (χ1) is 11.2. The van der Waals surface area contributed by atoms with Crippen molar-refractivity contribution in [2.45, 2.75) is 24.2 Å². The van der Waals surface area contributed by atoms with Gasteiger partial charge in [0.05, 0.1) is 12.1 Å². The second kappa shape index (κ2) is 9.00. The number of carbonyl (C=O) groups is 2. The fourth-order valence-corrected chi connectivity index (χ4v) is 3.23. The Kier molecular flexibility index (Phi) is 7.65. The highest BCUT2D eigenvalue weighted by molar-refractivity contribution is 7.89. The van der Waals surface area contributed by atoms with E-state index in [-0.39, 0.29) is 21.5 Å². The highest BCUT2D eigenvalue weighted by atomic mass is 35.5. The minimum Gasteiger partial charge on any atom is -0.469 e. The van der Waals surface area contributed by atoms with Crippen LogP contribution in [0.4, 0.5) is 0 Å². The number of hydrogen-bond donors (Lipinski definition) is 1. The van der Waals surface area contributed by atoms with Gasteiger partial charge in [-0.25, -0.2) is 12.7 Å². The van der Waals surface area contributed by atoms with Crippen LogP contribution in [-0.2, 0) is 19.6 Å². The fraction of sp³-hybridized carbons (Fsp3) is 0.467. The number of unbranched alkanes of at least 4 members (excludes halogenated alkanes) is 1. The molecule has 0 aliphatic carbocycles. The molecule has 1 amide bonds. The van der Waals surface area contributed by atoms with Gasteiger partial charge in [0.1, 0.15) is 4.90 Å². The zero-order chi connectivity index (χ0) is 18.3. The van der Waals surface area contributed by atoms with Gasteiger partial charge in [-0.15, -0.1) is 0 Å². The number of nitrogens with one attached hydrogen (secondary N) is 1. The lowest BCUT2D eigenvalue weighted by Gasteiger charge is -2.14. The quantitative estimate of drug-likeness (QED) is 0.550. The molecule has 0 radical (unpaired) electrons. The van der Waals surface area contributed by atoms with Gasteiger partial charge in [-0.2, -0.15) is 0 Å². The molecule has 0 atom stereocenters. The van der Waals surface area contributed by atoms with Crippen molar-refractivity contribution in [1.82, 2.24) is 9.62 Å². The average molecular weight is 377 g/mol. The summed E-state index contributed by atoms with van der Waals surface area (Å²) in [6, 6.07) is 4.09. The fourth-order valence-electron chi connectivity index (χ4n) is 1.84. The van der Waals surface area contributed by atoms with E-state index >= 15 is 0 Å². The SMILES string of the molecule is COC(=O)CCCCNC(=O)c1ccc(Cl)c(S(=O)(=O)N(C)C)c1.